The largest absolute Gasteiger partial charge is 0.493 e. The van der Waals surface area contributed by atoms with Gasteiger partial charge >= 0.3 is 0 Å². The van der Waals surface area contributed by atoms with Crippen LogP contribution in [0.3, 0.4) is 0 Å². The number of methoxy groups -OCH3 is 3. The summed E-state index contributed by atoms with van der Waals surface area (Å²) in [4.78, 5) is 12.8. The molecule has 0 radical (unpaired) electrons. The molecule has 1 amide bonds. The first-order valence-corrected chi connectivity index (χ1v) is 10.9. The van der Waals surface area contributed by atoms with Crippen molar-refractivity contribution in [3.05, 3.63) is 42.0 Å². The number of hydrogen-bond donors (Lipinski definition) is 1. The van der Waals surface area contributed by atoms with Crippen molar-refractivity contribution in [1.29, 1.82) is 0 Å². The highest BCUT2D eigenvalue weighted by Crippen LogP contribution is 2.40. The van der Waals surface area contributed by atoms with Crippen LogP contribution in [-0.2, 0) is 21.4 Å². The maximum atomic E-state index is 12.8. The zero-order chi connectivity index (χ0) is 21.9. The molecular weight excluding hydrogens is 412 g/mol. The number of hydrogen-bond acceptors (Lipinski definition) is 7. The van der Waals surface area contributed by atoms with Gasteiger partial charge in [-0.3, -0.25) is 9.10 Å². The lowest BCUT2D eigenvalue weighted by atomic mass is 10.1. The van der Waals surface area contributed by atoms with Gasteiger partial charge in [-0.05, 0) is 24.3 Å². The zero-order valence-corrected chi connectivity index (χ0v) is 18.0. The Balaban J connectivity index is 1.79. The number of benzene rings is 2. The minimum atomic E-state index is -3.58. The molecule has 1 aliphatic heterocycles. The lowest BCUT2D eigenvalue weighted by Crippen LogP contribution is -2.50. The number of nitrogens with one attached hydrogen (secondary N) is 1. The Bertz CT molecular complexity index is 1040. The normalized spacial score (nSPS) is 15.6. The molecule has 0 fully saturated rings. The summed E-state index contributed by atoms with van der Waals surface area (Å²) in [5, 5.41) is 2.77. The number of sulfonamides is 1. The standard InChI is InChI=1S/C20H24N2O7S/c1-26-16-10-9-13(18(27-2)19(16)28-3)11-21-20(23)17-12-22(30(4,24)25)14-7-5-6-8-15(14)29-17/h5-10,17H,11-12H2,1-4H3,(H,21,23)/t17-/m0/s1. The van der Waals surface area contributed by atoms with Crippen molar-refractivity contribution >= 4 is 21.6 Å². The van der Waals surface area contributed by atoms with Gasteiger partial charge in [0.25, 0.3) is 5.91 Å². The van der Waals surface area contributed by atoms with Crippen LogP contribution >= 0.6 is 0 Å². The van der Waals surface area contributed by atoms with Crippen LogP contribution in [0.15, 0.2) is 36.4 Å². The van der Waals surface area contributed by atoms with Gasteiger partial charge in [0, 0.05) is 12.1 Å². The predicted molar refractivity (Wildman–Crippen MR) is 111 cm³/mol. The first kappa shape index (κ1) is 21.6. The van der Waals surface area contributed by atoms with Crippen molar-refractivity contribution in [2.24, 2.45) is 0 Å². The number of carbonyl (C=O) groups excluding carboxylic acids is 1. The van der Waals surface area contributed by atoms with Crippen LogP contribution in [0.4, 0.5) is 5.69 Å². The fraction of sp³-hybridized carbons (Fsp3) is 0.350. The zero-order valence-electron chi connectivity index (χ0n) is 17.2. The summed E-state index contributed by atoms with van der Waals surface area (Å²) >= 11 is 0. The highest BCUT2D eigenvalue weighted by Gasteiger charge is 2.34. The molecule has 0 saturated carbocycles. The maximum Gasteiger partial charge on any atom is 0.263 e. The van der Waals surface area contributed by atoms with E-state index in [1.807, 2.05) is 0 Å². The van der Waals surface area contributed by atoms with Crippen LogP contribution in [0.5, 0.6) is 23.0 Å². The molecule has 10 heteroatoms. The molecule has 2 aromatic carbocycles. The Morgan fingerprint density at radius 3 is 2.43 bits per heavy atom. The van der Waals surface area contributed by atoms with E-state index >= 15 is 0 Å². The average Bonchev–Trinajstić information content (AvgIpc) is 2.74. The Hall–Kier alpha value is -3.14. The highest BCUT2D eigenvalue weighted by atomic mass is 32.2. The Kier molecular flexibility index (Phi) is 6.25. The molecule has 3 rings (SSSR count). The van der Waals surface area contributed by atoms with Crippen molar-refractivity contribution < 1.29 is 32.2 Å². The summed E-state index contributed by atoms with van der Waals surface area (Å²) in [7, 11) is 0.931. The first-order valence-electron chi connectivity index (χ1n) is 9.09. The van der Waals surface area contributed by atoms with Crippen LogP contribution in [0.2, 0.25) is 0 Å². The van der Waals surface area contributed by atoms with E-state index in [1.54, 1.807) is 36.4 Å². The second-order valence-electron chi connectivity index (χ2n) is 6.58. The van der Waals surface area contributed by atoms with Gasteiger partial charge < -0.3 is 24.3 Å². The number of nitrogens with zero attached hydrogens (tertiary/aromatic N) is 1. The van der Waals surface area contributed by atoms with E-state index in [1.165, 1.54) is 25.6 Å². The fourth-order valence-electron chi connectivity index (χ4n) is 3.25. The molecule has 0 saturated heterocycles. The van der Waals surface area contributed by atoms with Gasteiger partial charge in [0.2, 0.25) is 15.8 Å². The molecule has 1 N–H and O–H groups in total. The summed E-state index contributed by atoms with van der Waals surface area (Å²) in [6, 6.07) is 10.2. The topological polar surface area (TPSA) is 103 Å². The van der Waals surface area contributed by atoms with Gasteiger partial charge in [0.05, 0.1) is 39.8 Å². The molecule has 9 nitrogen and oxygen atoms in total. The van der Waals surface area contributed by atoms with E-state index in [0.717, 1.165) is 6.26 Å². The number of ether oxygens (including phenoxy) is 4. The third kappa shape index (κ3) is 4.23. The monoisotopic (exact) mass is 436 g/mol. The summed E-state index contributed by atoms with van der Waals surface area (Å²) in [5.74, 6) is 1.23. The van der Waals surface area contributed by atoms with E-state index in [2.05, 4.69) is 5.32 Å². The number of para-hydroxylation sites is 2. The molecule has 2 aromatic rings. The molecule has 0 aromatic heterocycles. The summed E-state index contributed by atoms with van der Waals surface area (Å²) < 4.78 is 47.4. The number of fused-ring (bicyclic) bond motifs is 1. The van der Waals surface area contributed by atoms with E-state index in [-0.39, 0.29) is 13.1 Å². The Labute approximate surface area is 175 Å². The van der Waals surface area contributed by atoms with E-state index in [0.29, 0.717) is 34.2 Å². The lowest BCUT2D eigenvalue weighted by Gasteiger charge is -2.33. The van der Waals surface area contributed by atoms with Crippen molar-refractivity contribution in [2.45, 2.75) is 12.6 Å². The highest BCUT2D eigenvalue weighted by molar-refractivity contribution is 7.92. The molecular formula is C20H24N2O7S. The van der Waals surface area contributed by atoms with Crippen LogP contribution < -0.4 is 28.6 Å². The van der Waals surface area contributed by atoms with E-state index < -0.39 is 22.0 Å². The Morgan fingerprint density at radius 1 is 1.10 bits per heavy atom. The van der Waals surface area contributed by atoms with Crippen molar-refractivity contribution in [1.82, 2.24) is 5.32 Å². The molecule has 1 aliphatic rings. The lowest BCUT2D eigenvalue weighted by molar-refractivity contribution is -0.127. The van der Waals surface area contributed by atoms with Gasteiger partial charge in [0.1, 0.15) is 5.75 Å². The number of rotatable bonds is 7. The Morgan fingerprint density at radius 2 is 1.80 bits per heavy atom. The molecule has 0 unspecified atom stereocenters. The van der Waals surface area contributed by atoms with Gasteiger partial charge in [-0.25, -0.2) is 8.42 Å². The van der Waals surface area contributed by atoms with Gasteiger partial charge in [-0.2, -0.15) is 0 Å². The van der Waals surface area contributed by atoms with Gasteiger partial charge in [-0.15, -0.1) is 0 Å². The maximum absolute atomic E-state index is 12.8. The predicted octanol–water partition coefficient (Wildman–Crippen LogP) is 1.56. The van der Waals surface area contributed by atoms with Gasteiger partial charge in [-0.1, -0.05) is 12.1 Å². The summed E-state index contributed by atoms with van der Waals surface area (Å²) in [5.41, 5.74) is 1.07. The van der Waals surface area contributed by atoms with Crippen molar-refractivity contribution in [3.8, 4) is 23.0 Å². The fourth-order valence-corrected chi connectivity index (χ4v) is 4.17. The molecule has 162 valence electrons. The number of carbonyl (C=O) groups is 1. The molecule has 1 atom stereocenters. The van der Waals surface area contributed by atoms with Gasteiger partial charge in [0.15, 0.2) is 17.6 Å². The molecule has 0 spiro atoms. The summed E-state index contributed by atoms with van der Waals surface area (Å²) in [6.07, 6.45) is 0.0965. The van der Waals surface area contributed by atoms with Crippen molar-refractivity contribution in [2.75, 3.05) is 38.4 Å². The van der Waals surface area contributed by atoms with Crippen LogP contribution in [-0.4, -0.2) is 54.6 Å². The number of anilines is 1. The second kappa shape index (κ2) is 8.70. The SMILES string of the molecule is COc1ccc(CNC(=O)[C@@H]2CN(S(C)(=O)=O)c3ccccc3O2)c(OC)c1OC. The molecule has 1 heterocycles. The summed E-state index contributed by atoms with van der Waals surface area (Å²) in [6.45, 7) is 0.00743. The third-order valence-corrected chi connectivity index (χ3v) is 5.81. The quantitative estimate of drug-likeness (QED) is 0.702. The third-order valence-electron chi connectivity index (χ3n) is 4.67. The smallest absolute Gasteiger partial charge is 0.263 e. The van der Waals surface area contributed by atoms with Crippen LogP contribution in [0.1, 0.15) is 5.56 Å². The van der Waals surface area contributed by atoms with E-state index in [9.17, 15) is 13.2 Å². The van der Waals surface area contributed by atoms with Crippen LogP contribution in [0, 0.1) is 0 Å². The minimum absolute atomic E-state index is 0.120. The molecule has 0 bridgehead atoms. The average molecular weight is 436 g/mol. The first-order chi connectivity index (χ1) is 14.3. The second-order valence-corrected chi connectivity index (χ2v) is 8.49. The molecule has 0 aliphatic carbocycles. The number of amides is 1. The minimum Gasteiger partial charge on any atom is -0.493 e. The van der Waals surface area contributed by atoms with Crippen LogP contribution in [0.25, 0.3) is 0 Å². The molecule has 30 heavy (non-hydrogen) atoms. The van der Waals surface area contributed by atoms with E-state index in [4.69, 9.17) is 18.9 Å². The van der Waals surface area contributed by atoms with Crippen molar-refractivity contribution in [3.63, 3.8) is 0 Å².